The van der Waals surface area contributed by atoms with Gasteiger partial charge in [-0.2, -0.15) is 0 Å². The highest BCUT2D eigenvalue weighted by molar-refractivity contribution is 6.30. The standard InChI is InChI=1S/C21H25ClN2O3.ClHO/c22-19-8-6-18(7-9-19)21(17-4-2-1-3-5-17)24-12-10-23(11-13-24)14-15-27-16-20(25)26;1-2/h1-9,21H,10-16H2,(H,25,26);2H. The summed E-state index contributed by atoms with van der Waals surface area (Å²) in [7, 11) is 0. The lowest BCUT2D eigenvalue weighted by atomic mass is 9.96. The van der Waals surface area contributed by atoms with E-state index in [4.69, 9.17) is 26.1 Å². The highest BCUT2D eigenvalue weighted by Crippen LogP contribution is 2.30. The number of benzene rings is 2. The molecule has 0 spiro atoms. The molecule has 0 saturated carbocycles. The zero-order chi connectivity index (χ0) is 21.1. The predicted molar refractivity (Wildman–Crippen MR) is 114 cm³/mol. The van der Waals surface area contributed by atoms with Gasteiger partial charge in [0, 0.05) is 37.7 Å². The van der Waals surface area contributed by atoms with Crippen LogP contribution in [0.25, 0.3) is 0 Å². The second-order valence-electron chi connectivity index (χ2n) is 6.69. The van der Waals surface area contributed by atoms with Crippen LogP contribution in [-0.4, -0.2) is 71.5 Å². The number of halogens is 2. The zero-order valence-electron chi connectivity index (χ0n) is 16.1. The van der Waals surface area contributed by atoms with E-state index in [1.807, 2.05) is 18.2 Å². The van der Waals surface area contributed by atoms with E-state index in [-0.39, 0.29) is 12.6 Å². The van der Waals surface area contributed by atoms with E-state index in [1.54, 1.807) is 0 Å². The molecule has 8 heteroatoms. The lowest BCUT2D eigenvalue weighted by Crippen LogP contribution is -2.48. The molecule has 2 aromatic rings. The van der Waals surface area contributed by atoms with E-state index in [9.17, 15) is 4.79 Å². The Morgan fingerprint density at radius 1 is 0.966 bits per heavy atom. The second kappa shape index (κ2) is 12.8. The Kier molecular flexibility index (Phi) is 10.4. The van der Waals surface area contributed by atoms with Crippen LogP contribution in [0.15, 0.2) is 54.6 Å². The molecule has 6 nitrogen and oxygen atoms in total. The summed E-state index contributed by atoms with van der Waals surface area (Å²) >= 11 is 9.72. The molecule has 1 aliphatic heterocycles. The number of hydrogen-bond donors (Lipinski definition) is 2. The Hall–Kier alpha value is -1.67. The topological polar surface area (TPSA) is 73.2 Å². The number of carbonyl (C=O) groups is 1. The lowest BCUT2D eigenvalue weighted by molar-refractivity contribution is -0.142. The Bertz CT molecular complexity index is 723. The van der Waals surface area contributed by atoms with E-state index in [0.29, 0.717) is 6.61 Å². The summed E-state index contributed by atoms with van der Waals surface area (Å²) in [6.45, 7) is 4.75. The van der Waals surface area contributed by atoms with Crippen LogP contribution in [0.2, 0.25) is 5.02 Å². The Balaban J connectivity index is 0.00000145. The molecule has 2 aromatic carbocycles. The highest BCUT2D eigenvalue weighted by Gasteiger charge is 2.26. The van der Waals surface area contributed by atoms with Crippen molar-refractivity contribution in [2.45, 2.75) is 6.04 Å². The van der Waals surface area contributed by atoms with Gasteiger partial charge in [0.15, 0.2) is 0 Å². The third-order valence-electron chi connectivity index (χ3n) is 4.85. The van der Waals surface area contributed by atoms with E-state index in [1.165, 1.54) is 11.1 Å². The molecule has 0 amide bonds. The van der Waals surface area contributed by atoms with Crippen LogP contribution in [0.5, 0.6) is 0 Å². The minimum absolute atomic E-state index is 0.203. The van der Waals surface area contributed by atoms with Crippen LogP contribution in [0.4, 0.5) is 0 Å². The number of rotatable bonds is 8. The molecule has 0 aromatic heterocycles. The molecule has 1 aliphatic rings. The van der Waals surface area contributed by atoms with Crippen LogP contribution >= 0.6 is 23.5 Å². The fourth-order valence-electron chi connectivity index (χ4n) is 3.49. The Morgan fingerprint density at radius 2 is 1.55 bits per heavy atom. The molecule has 1 saturated heterocycles. The van der Waals surface area contributed by atoms with Crippen molar-refractivity contribution in [2.24, 2.45) is 0 Å². The summed E-state index contributed by atoms with van der Waals surface area (Å²) in [4.78, 5) is 15.3. The van der Waals surface area contributed by atoms with Crippen molar-refractivity contribution >= 4 is 29.4 Å². The van der Waals surface area contributed by atoms with Gasteiger partial charge in [-0.3, -0.25) is 14.5 Å². The molecule has 0 aliphatic carbocycles. The van der Waals surface area contributed by atoms with Gasteiger partial charge in [0.05, 0.1) is 24.5 Å². The van der Waals surface area contributed by atoms with Crippen LogP contribution in [0.3, 0.4) is 0 Å². The molecule has 0 radical (unpaired) electrons. The Morgan fingerprint density at radius 3 is 2.14 bits per heavy atom. The minimum atomic E-state index is -0.923. The van der Waals surface area contributed by atoms with Crippen molar-refractivity contribution < 1.29 is 19.3 Å². The molecule has 1 atom stereocenters. The van der Waals surface area contributed by atoms with Crippen molar-refractivity contribution in [3.05, 3.63) is 70.7 Å². The van der Waals surface area contributed by atoms with Gasteiger partial charge in [0.2, 0.25) is 0 Å². The zero-order valence-corrected chi connectivity index (χ0v) is 17.6. The van der Waals surface area contributed by atoms with Gasteiger partial charge in [-0.05, 0) is 23.3 Å². The second-order valence-corrected chi connectivity index (χ2v) is 7.13. The first-order chi connectivity index (χ1) is 14.1. The number of hydrogen-bond acceptors (Lipinski definition) is 5. The first-order valence-electron chi connectivity index (χ1n) is 9.37. The van der Waals surface area contributed by atoms with Gasteiger partial charge < -0.3 is 9.84 Å². The monoisotopic (exact) mass is 440 g/mol. The summed E-state index contributed by atoms with van der Waals surface area (Å²) in [5, 5.41) is 9.37. The van der Waals surface area contributed by atoms with Crippen molar-refractivity contribution in [2.75, 3.05) is 45.9 Å². The van der Waals surface area contributed by atoms with E-state index < -0.39 is 5.97 Å². The first-order valence-corrected chi connectivity index (χ1v) is 10.1. The third kappa shape index (κ3) is 7.59. The SMILES string of the molecule is O=C(O)COCCN1CCN(C(c2ccccc2)c2ccc(Cl)cc2)CC1.OCl. The molecule has 3 rings (SSSR count). The number of carboxylic acids is 1. The Labute approximate surface area is 181 Å². The largest absolute Gasteiger partial charge is 0.480 e. The number of piperazine rings is 1. The summed E-state index contributed by atoms with van der Waals surface area (Å²) in [6.07, 6.45) is 0. The molecular weight excluding hydrogens is 415 g/mol. The summed E-state index contributed by atoms with van der Waals surface area (Å²) < 4.78 is 11.6. The molecule has 0 bridgehead atoms. The third-order valence-corrected chi connectivity index (χ3v) is 5.10. The normalized spacial score (nSPS) is 16.0. The number of aliphatic carboxylic acids is 1. The van der Waals surface area contributed by atoms with Gasteiger partial charge in [0.25, 0.3) is 0 Å². The summed E-state index contributed by atoms with van der Waals surface area (Å²) in [5.41, 5.74) is 2.52. The molecular formula is C21H26Cl2N2O4. The van der Waals surface area contributed by atoms with Gasteiger partial charge >= 0.3 is 5.97 Å². The molecule has 1 fully saturated rings. The average Bonchev–Trinajstić information content (AvgIpc) is 2.76. The van der Waals surface area contributed by atoms with Gasteiger partial charge in [-0.1, -0.05) is 54.1 Å². The van der Waals surface area contributed by atoms with Crippen molar-refractivity contribution in [3.63, 3.8) is 0 Å². The van der Waals surface area contributed by atoms with Gasteiger partial charge in [-0.15, -0.1) is 0 Å². The maximum atomic E-state index is 10.5. The molecule has 1 unspecified atom stereocenters. The number of nitrogens with zero attached hydrogens (tertiary/aromatic N) is 2. The predicted octanol–water partition coefficient (Wildman–Crippen LogP) is 3.28. The van der Waals surface area contributed by atoms with E-state index in [2.05, 4.69) is 58.1 Å². The average molecular weight is 441 g/mol. The van der Waals surface area contributed by atoms with Crippen molar-refractivity contribution in [1.29, 1.82) is 0 Å². The maximum Gasteiger partial charge on any atom is 0.329 e. The van der Waals surface area contributed by atoms with Crippen LogP contribution in [0, 0.1) is 0 Å². The highest BCUT2D eigenvalue weighted by atomic mass is 35.5. The maximum absolute atomic E-state index is 10.5. The molecule has 158 valence electrons. The van der Waals surface area contributed by atoms with Crippen molar-refractivity contribution in [3.8, 4) is 0 Å². The van der Waals surface area contributed by atoms with E-state index >= 15 is 0 Å². The molecule has 2 N–H and O–H groups in total. The lowest BCUT2D eigenvalue weighted by Gasteiger charge is -2.39. The first kappa shape index (κ1) is 23.6. The minimum Gasteiger partial charge on any atom is -0.480 e. The van der Waals surface area contributed by atoms with E-state index in [0.717, 1.165) is 37.7 Å². The quantitative estimate of drug-likeness (QED) is 0.613. The van der Waals surface area contributed by atoms with Crippen LogP contribution < -0.4 is 0 Å². The molecule has 29 heavy (non-hydrogen) atoms. The smallest absolute Gasteiger partial charge is 0.329 e. The fourth-order valence-corrected chi connectivity index (χ4v) is 3.62. The van der Waals surface area contributed by atoms with Crippen LogP contribution in [0.1, 0.15) is 17.2 Å². The molecule has 1 heterocycles. The van der Waals surface area contributed by atoms with Gasteiger partial charge in [0.1, 0.15) is 6.61 Å². The van der Waals surface area contributed by atoms with Crippen LogP contribution in [-0.2, 0) is 9.53 Å². The fraction of sp³-hybridized carbons (Fsp3) is 0.381. The summed E-state index contributed by atoms with van der Waals surface area (Å²) in [6, 6.07) is 18.8. The van der Waals surface area contributed by atoms with Gasteiger partial charge in [-0.25, -0.2) is 4.79 Å². The number of carboxylic acid groups (broad SMARTS) is 1. The number of ether oxygens (including phenoxy) is 1. The van der Waals surface area contributed by atoms with Crippen molar-refractivity contribution in [1.82, 2.24) is 9.80 Å². The summed E-state index contributed by atoms with van der Waals surface area (Å²) in [5.74, 6) is -0.923.